The van der Waals surface area contributed by atoms with Crippen LogP contribution in [-0.4, -0.2) is 57.8 Å². The molecule has 1 atom stereocenters. The van der Waals surface area contributed by atoms with Crippen molar-refractivity contribution >= 4 is 33.6 Å². The van der Waals surface area contributed by atoms with Gasteiger partial charge in [-0.3, -0.25) is 9.48 Å². The van der Waals surface area contributed by atoms with Gasteiger partial charge >= 0.3 is 6.03 Å². The number of nitrogens with zero attached hydrogens (tertiary/aromatic N) is 4. The molecule has 2 aliphatic rings. The maximum Gasteiger partial charge on any atom is 0.322 e. The quantitative estimate of drug-likeness (QED) is 0.721. The third-order valence-corrected chi connectivity index (χ3v) is 5.56. The molecule has 0 bridgehead atoms. The Morgan fingerprint density at radius 3 is 2.89 bits per heavy atom. The molecule has 1 aromatic carbocycles. The van der Waals surface area contributed by atoms with E-state index in [0.717, 1.165) is 5.69 Å². The molecule has 0 unspecified atom stereocenters. The average molecular weight is 454 g/mol. The fraction of sp³-hybridized carbons (Fsp3) is 0.389. The zero-order valence-electron chi connectivity index (χ0n) is 15.1. The molecule has 0 spiro atoms. The highest BCUT2D eigenvalue weighted by atomic mass is 79.9. The van der Waals surface area contributed by atoms with Crippen molar-refractivity contribution in [3.05, 3.63) is 45.4 Å². The summed E-state index contributed by atoms with van der Waals surface area (Å²) in [5, 5.41) is 7.14. The molecule has 0 radical (unpaired) electrons. The molecule has 0 saturated heterocycles. The van der Waals surface area contributed by atoms with Gasteiger partial charge < -0.3 is 15.1 Å². The van der Waals surface area contributed by atoms with Crippen LogP contribution >= 0.6 is 15.9 Å². The molecule has 2 aromatic rings. The Labute approximate surface area is 168 Å². The van der Waals surface area contributed by atoms with Gasteiger partial charge in [-0.1, -0.05) is 0 Å². The monoisotopic (exact) mass is 453 g/mol. The van der Waals surface area contributed by atoms with Gasteiger partial charge in [0.2, 0.25) is 0 Å². The summed E-state index contributed by atoms with van der Waals surface area (Å²) >= 11 is 3.09. The molecule has 10 heteroatoms. The maximum atomic E-state index is 14.1. The fourth-order valence-electron chi connectivity index (χ4n) is 3.55. The van der Waals surface area contributed by atoms with Crippen LogP contribution in [0.1, 0.15) is 21.7 Å². The van der Waals surface area contributed by atoms with Crippen LogP contribution in [0.2, 0.25) is 0 Å². The second kappa shape index (κ2) is 7.16. The Hall–Kier alpha value is -2.49. The number of urea groups is 1. The first-order chi connectivity index (χ1) is 13.3. The number of carbonyl (C=O) groups excluding carboxylic acids is 2. The highest BCUT2D eigenvalue weighted by Crippen LogP contribution is 2.27. The van der Waals surface area contributed by atoms with Crippen LogP contribution in [-0.2, 0) is 19.5 Å². The molecule has 3 amide bonds. The van der Waals surface area contributed by atoms with E-state index in [2.05, 4.69) is 26.3 Å². The number of carbonyl (C=O) groups is 2. The van der Waals surface area contributed by atoms with E-state index in [1.807, 2.05) is 0 Å². The number of aromatic nitrogens is 2. The smallest absolute Gasteiger partial charge is 0.322 e. The number of amides is 3. The predicted molar refractivity (Wildman–Crippen MR) is 101 cm³/mol. The highest BCUT2D eigenvalue weighted by Gasteiger charge is 2.34. The van der Waals surface area contributed by atoms with Gasteiger partial charge in [-0.05, 0) is 34.1 Å². The molecular formula is C18H18BrF2N5O2. The van der Waals surface area contributed by atoms with E-state index >= 15 is 0 Å². The van der Waals surface area contributed by atoms with E-state index in [1.54, 1.807) is 11.9 Å². The third kappa shape index (κ3) is 3.36. The van der Waals surface area contributed by atoms with E-state index in [-0.39, 0.29) is 36.0 Å². The number of nitrogens with one attached hydrogen (secondary N) is 1. The minimum absolute atomic E-state index is 0.0145. The van der Waals surface area contributed by atoms with Crippen molar-refractivity contribution in [1.29, 1.82) is 0 Å². The summed E-state index contributed by atoms with van der Waals surface area (Å²) in [6.07, 6.45) is -0.711. The summed E-state index contributed by atoms with van der Waals surface area (Å²) in [4.78, 5) is 28.3. The molecule has 0 fully saturated rings. The van der Waals surface area contributed by atoms with Gasteiger partial charge in [0.1, 0.15) is 17.7 Å². The Morgan fingerprint density at radius 2 is 2.14 bits per heavy atom. The highest BCUT2D eigenvalue weighted by molar-refractivity contribution is 9.10. The number of rotatable bonds is 1. The van der Waals surface area contributed by atoms with Gasteiger partial charge in [0, 0.05) is 31.3 Å². The first-order valence-corrected chi connectivity index (χ1v) is 9.62. The lowest BCUT2D eigenvalue weighted by atomic mass is 10.0. The Balaban J connectivity index is 1.57. The Bertz CT molecular complexity index is 964. The maximum absolute atomic E-state index is 14.1. The van der Waals surface area contributed by atoms with Crippen molar-refractivity contribution in [2.24, 2.45) is 0 Å². The first-order valence-electron chi connectivity index (χ1n) is 8.82. The van der Waals surface area contributed by atoms with Gasteiger partial charge in [-0.25, -0.2) is 13.6 Å². The summed E-state index contributed by atoms with van der Waals surface area (Å²) in [6.45, 7) is 0.658. The number of halogens is 3. The van der Waals surface area contributed by atoms with E-state index < -0.39 is 12.0 Å². The zero-order valence-corrected chi connectivity index (χ0v) is 16.7. The van der Waals surface area contributed by atoms with Gasteiger partial charge in [0.25, 0.3) is 5.91 Å². The molecule has 1 N–H and O–H groups in total. The molecule has 4 rings (SSSR count). The predicted octanol–water partition coefficient (Wildman–Crippen LogP) is 2.80. The van der Waals surface area contributed by atoms with Crippen LogP contribution in [0.5, 0.6) is 0 Å². The molecule has 0 aliphatic carbocycles. The molecule has 28 heavy (non-hydrogen) atoms. The number of hydrogen-bond acceptors (Lipinski definition) is 3. The first kappa shape index (κ1) is 18.9. The lowest BCUT2D eigenvalue weighted by molar-refractivity contribution is 0.0767. The van der Waals surface area contributed by atoms with Gasteiger partial charge in [-0.2, -0.15) is 5.10 Å². The fourth-order valence-corrected chi connectivity index (χ4v) is 3.93. The van der Waals surface area contributed by atoms with E-state index in [9.17, 15) is 18.4 Å². The summed E-state index contributed by atoms with van der Waals surface area (Å²) in [7, 11) is 1.56. The summed E-state index contributed by atoms with van der Waals surface area (Å²) in [6, 6.07) is 3.85. The van der Waals surface area contributed by atoms with Crippen LogP contribution in [0.15, 0.2) is 22.7 Å². The van der Waals surface area contributed by atoms with Gasteiger partial charge in [0.15, 0.2) is 0 Å². The standard InChI is InChI=1S/C18H18BrF2N5O2/c1-24-7-10(20)8-26-16(17(24)27)12-9-25(5-4-15(12)23-26)18(28)22-11-2-3-14(21)13(19)6-11/h2-3,6,10H,4-5,7-9H2,1H3,(H,22,28)/t10-/m1/s1. The van der Waals surface area contributed by atoms with Crippen molar-refractivity contribution in [2.45, 2.75) is 25.7 Å². The van der Waals surface area contributed by atoms with E-state index in [4.69, 9.17) is 0 Å². The van der Waals surface area contributed by atoms with Gasteiger partial charge in [-0.15, -0.1) is 0 Å². The van der Waals surface area contributed by atoms with Crippen molar-refractivity contribution in [1.82, 2.24) is 19.6 Å². The topological polar surface area (TPSA) is 70.5 Å². The summed E-state index contributed by atoms with van der Waals surface area (Å²) < 4.78 is 29.1. The largest absolute Gasteiger partial charge is 0.337 e. The molecule has 148 valence electrons. The average Bonchev–Trinajstić information content (AvgIpc) is 2.95. The molecule has 7 nitrogen and oxygen atoms in total. The summed E-state index contributed by atoms with van der Waals surface area (Å²) in [5.41, 5.74) is 2.18. The lowest BCUT2D eigenvalue weighted by Gasteiger charge is -2.27. The zero-order chi connectivity index (χ0) is 20.0. The van der Waals surface area contributed by atoms with E-state index in [0.29, 0.717) is 29.9 Å². The van der Waals surface area contributed by atoms with Crippen molar-refractivity contribution in [3.63, 3.8) is 0 Å². The molecule has 3 heterocycles. The minimum atomic E-state index is -1.19. The van der Waals surface area contributed by atoms with Crippen molar-refractivity contribution in [2.75, 3.05) is 25.5 Å². The third-order valence-electron chi connectivity index (χ3n) is 4.95. The summed E-state index contributed by atoms with van der Waals surface area (Å²) in [5.74, 6) is -0.712. The van der Waals surface area contributed by atoms with E-state index in [1.165, 1.54) is 27.8 Å². The number of benzene rings is 1. The van der Waals surface area contributed by atoms with Crippen LogP contribution in [0.3, 0.4) is 0 Å². The SMILES string of the molecule is CN1C[C@@H](F)Cn2nc3c(c2C1=O)CN(C(=O)Nc1ccc(F)c(Br)c1)CC3. The number of anilines is 1. The molecule has 2 aliphatic heterocycles. The Morgan fingerprint density at radius 1 is 1.36 bits per heavy atom. The number of hydrogen-bond donors (Lipinski definition) is 1. The van der Waals surface area contributed by atoms with Crippen LogP contribution in [0.25, 0.3) is 0 Å². The normalized spacial score (nSPS) is 19.1. The van der Waals surface area contributed by atoms with Crippen LogP contribution in [0.4, 0.5) is 19.3 Å². The van der Waals surface area contributed by atoms with Gasteiger partial charge in [0.05, 0.1) is 29.8 Å². The van der Waals surface area contributed by atoms with Crippen LogP contribution in [0, 0.1) is 5.82 Å². The number of fused-ring (bicyclic) bond motifs is 3. The van der Waals surface area contributed by atoms with Crippen LogP contribution < -0.4 is 5.32 Å². The van der Waals surface area contributed by atoms with Crippen molar-refractivity contribution < 1.29 is 18.4 Å². The second-order valence-electron chi connectivity index (χ2n) is 6.97. The molecular weight excluding hydrogens is 436 g/mol. The number of alkyl halides is 1. The minimum Gasteiger partial charge on any atom is -0.337 e. The lowest BCUT2D eigenvalue weighted by Crippen LogP contribution is -2.39. The Kier molecular flexibility index (Phi) is 4.82. The molecule has 1 aromatic heterocycles. The molecule has 0 saturated carbocycles. The van der Waals surface area contributed by atoms with Crippen molar-refractivity contribution in [3.8, 4) is 0 Å². The second-order valence-corrected chi connectivity index (χ2v) is 7.82.